The van der Waals surface area contributed by atoms with Gasteiger partial charge < -0.3 is 9.84 Å². The summed E-state index contributed by atoms with van der Waals surface area (Å²) in [6.45, 7) is 4.71. The van der Waals surface area contributed by atoms with Crippen LogP contribution in [0.5, 0.6) is 5.75 Å². The lowest BCUT2D eigenvalue weighted by Crippen LogP contribution is -2.40. The number of pyridine rings is 1. The normalized spacial score (nSPS) is 11.4. The van der Waals surface area contributed by atoms with Crippen molar-refractivity contribution in [3.05, 3.63) is 56.8 Å². The van der Waals surface area contributed by atoms with Crippen LogP contribution in [0.15, 0.2) is 34.1 Å². The molecule has 0 aromatic carbocycles. The number of aromatic nitrogens is 5. The van der Waals surface area contributed by atoms with Gasteiger partial charge in [-0.2, -0.15) is 0 Å². The Kier molecular flexibility index (Phi) is 7.51. The van der Waals surface area contributed by atoms with Gasteiger partial charge in [0.05, 0.1) is 11.9 Å². The van der Waals surface area contributed by atoms with Crippen LogP contribution in [0.3, 0.4) is 0 Å². The standard InChI is InChI=1S/C22H29N5O4/c1-15(2)13-27-20-19(21(29)26(3)22(27)30)24-17(9-5-4-6-11-28)18(25-20)14-31-16-8-7-10-23-12-16/h7-8,10,12,15,28H,4-6,9,11,13-14H2,1-3H3. The summed E-state index contributed by atoms with van der Waals surface area (Å²) in [7, 11) is 1.46. The van der Waals surface area contributed by atoms with Crippen molar-refractivity contribution >= 4 is 11.2 Å². The van der Waals surface area contributed by atoms with Crippen LogP contribution in [0.4, 0.5) is 0 Å². The van der Waals surface area contributed by atoms with Crippen molar-refractivity contribution in [3.63, 3.8) is 0 Å². The highest BCUT2D eigenvalue weighted by Crippen LogP contribution is 2.16. The van der Waals surface area contributed by atoms with Crippen LogP contribution in [0.1, 0.15) is 44.5 Å². The van der Waals surface area contributed by atoms with Gasteiger partial charge >= 0.3 is 5.69 Å². The molecule has 0 radical (unpaired) electrons. The van der Waals surface area contributed by atoms with E-state index in [0.29, 0.717) is 36.5 Å². The van der Waals surface area contributed by atoms with Crippen molar-refractivity contribution in [1.29, 1.82) is 0 Å². The number of rotatable bonds is 10. The fourth-order valence-electron chi connectivity index (χ4n) is 3.35. The van der Waals surface area contributed by atoms with Crippen LogP contribution in [-0.4, -0.2) is 35.8 Å². The topological polar surface area (TPSA) is 112 Å². The Balaban J connectivity index is 2.09. The number of hydrogen-bond acceptors (Lipinski definition) is 7. The first-order chi connectivity index (χ1) is 14.9. The van der Waals surface area contributed by atoms with E-state index in [-0.39, 0.29) is 30.3 Å². The number of aliphatic hydroxyl groups is 1. The molecule has 3 aromatic heterocycles. The summed E-state index contributed by atoms with van der Waals surface area (Å²) < 4.78 is 8.43. The molecule has 1 N–H and O–H groups in total. The van der Waals surface area contributed by atoms with Crippen LogP contribution in [-0.2, 0) is 26.6 Å². The maximum atomic E-state index is 12.8. The quantitative estimate of drug-likeness (QED) is 0.491. The van der Waals surface area contributed by atoms with E-state index in [1.54, 1.807) is 24.5 Å². The summed E-state index contributed by atoms with van der Waals surface area (Å²) in [6, 6.07) is 3.58. The number of ether oxygens (including phenoxy) is 1. The monoisotopic (exact) mass is 427 g/mol. The zero-order valence-electron chi connectivity index (χ0n) is 18.2. The lowest BCUT2D eigenvalue weighted by Gasteiger charge is -2.16. The van der Waals surface area contributed by atoms with Crippen LogP contribution >= 0.6 is 0 Å². The molecule has 3 aromatic rings. The molecule has 0 atom stereocenters. The van der Waals surface area contributed by atoms with Gasteiger partial charge in [0, 0.05) is 26.4 Å². The minimum atomic E-state index is -0.455. The van der Waals surface area contributed by atoms with Crippen LogP contribution in [0.2, 0.25) is 0 Å². The molecule has 0 saturated carbocycles. The minimum Gasteiger partial charge on any atom is -0.486 e. The molecule has 0 aliphatic heterocycles. The average Bonchev–Trinajstić information content (AvgIpc) is 2.77. The fourth-order valence-corrected chi connectivity index (χ4v) is 3.35. The summed E-state index contributed by atoms with van der Waals surface area (Å²) in [4.78, 5) is 38.9. The highest BCUT2D eigenvalue weighted by Gasteiger charge is 2.18. The Morgan fingerprint density at radius 1 is 1.13 bits per heavy atom. The number of aliphatic hydroxyl groups excluding tert-OH is 1. The Bertz CT molecular complexity index is 1140. The predicted molar refractivity (Wildman–Crippen MR) is 117 cm³/mol. The molecule has 0 amide bonds. The molecule has 3 heterocycles. The molecule has 0 aliphatic carbocycles. The molecule has 166 valence electrons. The Hall–Kier alpha value is -3.07. The van der Waals surface area contributed by atoms with Gasteiger partial charge in [-0.3, -0.25) is 18.9 Å². The van der Waals surface area contributed by atoms with Crippen LogP contribution in [0.25, 0.3) is 11.2 Å². The zero-order chi connectivity index (χ0) is 22.4. The zero-order valence-corrected chi connectivity index (χ0v) is 18.2. The van der Waals surface area contributed by atoms with E-state index in [9.17, 15) is 9.59 Å². The van der Waals surface area contributed by atoms with Gasteiger partial charge in [0.25, 0.3) is 5.56 Å². The van der Waals surface area contributed by atoms with Crippen molar-refractivity contribution in [3.8, 4) is 5.75 Å². The van der Waals surface area contributed by atoms with Crippen molar-refractivity contribution in [2.45, 2.75) is 52.7 Å². The van der Waals surface area contributed by atoms with Gasteiger partial charge in [-0.1, -0.05) is 20.3 Å². The number of nitrogens with zero attached hydrogens (tertiary/aromatic N) is 5. The van der Waals surface area contributed by atoms with E-state index >= 15 is 0 Å². The number of aryl methyl sites for hydroxylation is 1. The maximum absolute atomic E-state index is 12.8. The van der Waals surface area contributed by atoms with Gasteiger partial charge in [-0.25, -0.2) is 14.8 Å². The fraction of sp³-hybridized carbons (Fsp3) is 0.500. The van der Waals surface area contributed by atoms with E-state index in [1.807, 2.05) is 13.8 Å². The molecule has 31 heavy (non-hydrogen) atoms. The summed E-state index contributed by atoms with van der Waals surface area (Å²) in [5.74, 6) is 0.785. The second-order valence-corrected chi connectivity index (χ2v) is 7.95. The predicted octanol–water partition coefficient (Wildman–Crippen LogP) is 1.83. The molecule has 9 nitrogen and oxygen atoms in total. The summed E-state index contributed by atoms with van der Waals surface area (Å²) in [6.07, 6.45) is 6.21. The number of unbranched alkanes of at least 4 members (excludes halogenated alkanes) is 2. The van der Waals surface area contributed by atoms with Gasteiger partial charge in [0.2, 0.25) is 0 Å². The highest BCUT2D eigenvalue weighted by atomic mass is 16.5. The summed E-state index contributed by atoms with van der Waals surface area (Å²) in [5, 5.41) is 9.03. The van der Waals surface area contributed by atoms with Crippen LogP contribution < -0.4 is 16.0 Å². The summed E-state index contributed by atoms with van der Waals surface area (Å²) >= 11 is 0. The van der Waals surface area contributed by atoms with E-state index < -0.39 is 11.2 Å². The van der Waals surface area contributed by atoms with Crippen molar-refractivity contribution in [2.24, 2.45) is 13.0 Å². The molecule has 0 bridgehead atoms. The largest absolute Gasteiger partial charge is 0.486 e. The number of hydrogen-bond donors (Lipinski definition) is 1. The third-order valence-electron chi connectivity index (χ3n) is 4.94. The van der Waals surface area contributed by atoms with E-state index in [4.69, 9.17) is 14.8 Å². The highest BCUT2D eigenvalue weighted by molar-refractivity contribution is 5.69. The first-order valence-electron chi connectivity index (χ1n) is 10.6. The number of fused-ring (bicyclic) bond motifs is 1. The smallest absolute Gasteiger partial charge is 0.332 e. The van der Waals surface area contributed by atoms with Crippen molar-refractivity contribution < 1.29 is 9.84 Å². The van der Waals surface area contributed by atoms with Gasteiger partial charge in [-0.15, -0.1) is 0 Å². The van der Waals surface area contributed by atoms with E-state index in [0.717, 1.165) is 17.4 Å². The Labute approximate surface area is 180 Å². The Morgan fingerprint density at radius 2 is 1.94 bits per heavy atom. The summed E-state index contributed by atoms with van der Waals surface area (Å²) in [5.41, 5.74) is 0.863. The molecule has 0 saturated heterocycles. The second-order valence-electron chi connectivity index (χ2n) is 7.95. The average molecular weight is 428 g/mol. The van der Waals surface area contributed by atoms with Crippen molar-refractivity contribution in [1.82, 2.24) is 24.1 Å². The van der Waals surface area contributed by atoms with Crippen LogP contribution in [0, 0.1) is 5.92 Å². The first kappa shape index (κ1) is 22.6. The lowest BCUT2D eigenvalue weighted by molar-refractivity contribution is 0.282. The third kappa shape index (κ3) is 5.35. The molecular formula is C22H29N5O4. The molecule has 9 heteroatoms. The van der Waals surface area contributed by atoms with E-state index in [2.05, 4.69) is 9.97 Å². The molecule has 0 spiro atoms. The molecule has 3 rings (SSSR count). The van der Waals surface area contributed by atoms with E-state index in [1.165, 1.54) is 11.6 Å². The molecule has 0 fully saturated rings. The Morgan fingerprint density at radius 3 is 2.61 bits per heavy atom. The second kappa shape index (κ2) is 10.3. The minimum absolute atomic E-state index is 0.141. The SMILES string of the molecule is CC(C)Cn1c(=O)n(C)c(=O)c2nc(CCCCCO)c(COc3cccnc3)nc21. The lowest BCUT2D eigenvalue weighted by atomic mass is 10.1. The van der Waals surface area contributed by atoms with Crippen molar-refractivity contribution in [2.75, 3.05) is 6.61 Å². The van der Waals surface area contributed by atoms with Gasteiger partial charge in [-0.05, 0) is 37.3 Å². The third-order valence-corrected chi connectivity index (χ3v) is 4.94. The van der Waals surface area contributed by atoms with Gasteiger partial charge in [0.15, 0.2) is 11.2 Å². The molecule has 0 unspecified atom stereocenters. The first-order valence-corrected chi connectivity index (χ1v) is 10.6. The maximum Gasteiger partial charge on any atom is 0.332 e. The van der Waals surface area contributed by atoms with Gasteiger partial charge in [0.1, 0.15) is 18.1 Å². The molecular weight excluding hydrogens is 398 g/mol. The molecule has 0 aliphatic rings.